The quantitative estimate of drug-likeness (QED) is 0.871. The molecule has 1 aliphatic carbocycles. The highest BCUT2D eigenvalue weighted by atomic mass is 16.5. The highest BCUT2D eigenvalue weighted by molar-refractivity contribution is 5.69. The lowest BCUT2D eigenvalue weighted by Gasteiger charge is -2.25. The monoisotopic (exact) mass is 248 g/mol. The van der Waals surface area contributed by atoms with Crippen molar-refractivity contribution in [3.05, 3.63) is 35.9 Å². The molecule has 0 saturated heterocycles. The standard InChI is InChI=1S/C15H20O3/c16-15(17)14-8-6-13(7-9-14)11-18-10-12-4-2-1-3-5-12/h1-5,13-14H,6-11H2,(H,16,17)/t13-,14-. The molecule has 3 heteroatoms. The molecule has 0 bridgehead atoms. The van der Waals surface area contributed by atoms with Gasteiger partial charge in [-0.25, -0.2) is 0 Å². The van der Waals surface area contributed by atoms with E-state index >= 15 is 0 Å². The lowest BCUT2D eigenvalue weighted by Crippen LogP contribution is -2.23. The zero-order chi connectivity index (χ0) is 12.8. The summed E-state index contributed by atoms with van der Waals surface area (Å²) in [5.41, 5.74) is 1.19. The van der Waals surface area contributed by atoms with Gasteiger partial charge in [-0.05, 0) is 37.2 Å². The van der Waals surface area contributed by atoms with E-state index < -0.39 is 5.97 Å². The predicted octanol–water partition coefficient (Wildman–Crippen LogP) is 3.09. The van der Waals surface area contributed by atoms with Crippen LogP contribution < -0.4 is 0 Å². The molecule has 0 aromatic heterocycles. The third-order valence-corrected chi connectivity index (χ3v) is 3.66. The van der Waals surface area contributed by atoms with Crippen LogP contribution >= 0.6 is 0 Å². The third-order valence-electron chi connectivity index (χ3n) is 3.66. The zero-order valence-electron chi connectivity index (χ0n) is 10.5. The summed E-state index contributed by atoms with van der Waals surface area (Å²) in [6, 6.07) is 10.1. The molecule has 0 radical (unpaired) electrons. The Morgan fingerprint density at radius 2 is 1.83 bits per heavy atom. The molecule has 0 amide bonds. The summed E-state index contributed by atoms with van der Waals surface area (Å²) in [5.74, 6) is -0.238. The summed E-state index contributed by atoms with van der Waals surface area (Å²) < 4.78 is 5.71. The van der Waals surface area contributed by atoms with E-state index in [0.29, 0.717) is 12.5 Å². The Bertz CT molecular complexity index is 367. The van der Waals surface area contributed by atoms with Crippen LogP contribution in [0.15, 0.2) is 30.3 Å². The van der Waals surface area contributed by atoms with Crippen LogP contribution in [0.2, 0.25) is 0 Å². The number of ether oxygens (including phenoxy) is 1. The van der Waals surface area contributed by atoms with Gasteiger partial charge in [-0.3, -0.25) is 4.79 Å². The van der Waals surface area contributed by atoms with Crippen LogP contribution in [0.1, 0.15) is 31.2 Å². The van der Waals surface area contributed by atoms with Crippen LogP contribution in [0.3, 0.4) is 0 Å². The molecular formula is C15H20O3. The molecule has 3 nitrogen and oxygen atoms in total. The molecule has 1 aliphatic rings. The summed E-state index contributed by atoms with van der Waals surface area (Å²) >= 11 is 0. The Labute approximate surface area is 108 Å². The first-order valence-corrected chi connectivity index (χ1v) is 6.60. The molecule has 1 aromatic carbocycles. The van der Waals surface area contributed by atoms with Gasteiger partial charge < -0.3 is 9.84 Å². The Morgan fingerprint density at radius 1 is 1.17 bits per heavy atom. The molecule has 2 rings (SSSR count). The molecule has 1 aromatic rings. The highest BCUT2D eigenvalue weighted by Crippen LogP contribution is 2.29. The van der Waals surface area contributed by atoms with Crippen molar-refractivity contribution in [3.63, 3.8) is 0 Å². The summed E-state index contributed by atoms with van der Waals surface area (Å²) in [7, 11) is 0. The average molecular weight is 248 g/mol. The maximum Gasteiger partial charge on any atom is 0.306 e. The fourth-order valence-corrected chi connectivity index (χ4v) is 2.49. The van der Waals surface area contributed by atoms with E-state index in [4.69, 9.17) is 9.84 Å². The molecule has 98 valence electrons. The first kappa shape index (κ1) is 13.1. The Kier molecular flexibility index (Phi) is 4.76. The fraction of sp³-hybridized carbons (Fsp3) is 0.533. The number of hydrogen-bond acceptors (Lipinski definition) is 2. The number of hydrogen-bond donors (Lipinski definition) is 1. The minimum absolute atomic E-state index is 0.129. The van der Waals surface area contributed by atoms with Gasteiger partial charge in [0.15, 0.2) is 0 Å². The Hall–Kier alpha value is -1.35. The first-order chi connectivity index (χ1) is 8.75. The minimum Gasteiger partial charge on any atom is -0.481 e. The molecule has 0 aliphatic heterocycles. The van der Waals surface area contributed by atoms with E-state index in [-0.39, 0.29) is 5.92 Å². The molecule has 0 unspecified atom stereocenters. The van der Waals surface area contributed by atoms with E-state index in [1.807, 2.05) is 18.2 Å². The van der Waals surface area contributed by atoms with E-state index in [9.17, 15) is 4.79 Å². The van der Waals surface area contributed by atoms with Crippen molar-refractivity contribution < 1.29 is 14.6 Å². The van der Waals surface area contributed by atoms with E-state index in [2.05, 4.69) is 12.1 Å². The molecule has 0 atom stereocenters. The second-order valence-corrected chi connectivity index (χ2v) is 5.06. The van der Waals surface area contributed by atoms with Gasteiger partial charge in [-0.15, -0.1) is 0 Å². The largest absolute Gasteiger partial charge is 0.481 e. The van der Waals surface area contributed by atoms with Gasteiger partial charge in [0.25, 0.3) is 0 Å². The highest BCUT2D eigenvalue weighted by Gasteiger charge is 2.25. The van der Waals surface area contributed by atoms with Gasteiger partial charge >= 0.3 is 5.97 Å². The summed E-state index contributed by atoms with van der Waals surface area (Å²) in [6.45, 7) is 1.40. The van der Waals surface area contributed by atoms with Crippen LogP contribution in [0.5, 0.6) is 0 Å². The molecule has 0 spiro atoms. The number of rotatable bonds is 5. The number of benzene rings is 1. The number of carboxylic acids is 1. The third kappa shape index (κ3) is 3.84. The number of aliphatic carboxylic acids is 1. The second-order valence-electron chi connectivity index (χ2n) is 5.06. The van der Waals surface area contributed by atoms with E-state index in [1.165, 1.54) is 5.56 Å². The van der Waals surface area contributed by atoms with Crippen molar-refractivity contribution in [1.82, 2.24) is 0 Å². The van der Waals surface area contributed by atoms with Crippen molar-refractivity contribution in [3.8, 4) is 0 Å². The Morgan fingerprint density at radius 3 is 2.44 bits per heavy atom. The van der Waals surface area contributed by atoms with Crippen molar-refractivity contribution in [2.45, 2.75) is 32.3 Å². The SMILES string of the molecule is O=C(O)[C@H]1CC[C@H](COCc2ccccc2)CC1. The molecular weight excluding hydrogens is 228 g/mol. The average Bonchev–Trinajstić information content (AvgIpc) is 2.40. The number of carboxylic acid groups (broad SMARTS) is 1. The summed E-state index contributed by atoms with van der Waals surface area (Å²) in [6.07, 6.45) is 3.56. The normalized spacial score (nSPS) is 23.8. The smallest absolute Gasteiger partial charge is 0.306 e. The summed E-state index contributed by atoms with van der Waals surface area (Å²) in [5, 5.41) is 8.92. The van der Waals surface area contributed by atoms with Crippen LogP contribution in [-0.2, 0) is 16.1 Å². The predicted molar refractivity (Wildman–Crippen MR) is 69.2 cm³/mol. The molecule has 0 heterocycles. The maximum absolute atomic E-state index is 10.8. The molecule has 18 heavy (non-hydrogen) atoms. The fourth-order valence-electron chi connectivity index (χ4n) is 2.49. The van der Waals surface area contributed by atoms with Gasteiger partial charge in [0, 0.05) is 6.61 Å². The summed E-state index contributed by atoms with van der Waals surface area (Å²) in [4.78, 5) is 10.8. The van der Waals surface area contributed by atoms with Crippen LogP contribution in [0, 0.1) is 11.8 Å². The van der Waals surface area contributed by atoms with Gasteiger partial charge in [0.1, 0.15) is 0 Å². The zero-order valence-corrected chi connectivity index (χ0v) is 10.5. The number of carbonyl (C=O) groups is 1. The van der Waals surface area contributed by atoms with Crippen molar-refractivity contribution >= 4 is 5.97 Å². The van der Waals surface area contributed by atoms with Crippen LogP contribution in [0.4, 0.5) is 0 Å². The molecule has 1 fully saturated rings. The van der Waals surface area contributed by atoms with Crippen molar-refractivity contribution in [2.75, 3.05) is 6.61 Å². The van der Waals surface area contributed by atoms with E-state index in [1.54, 1.807) is 0 Å². The van der Waals surface area contributed by atoms with Crippen molar-refractivity contribution in [1.29, 1.82) is 0 Å². The van der Waals surface area contributed by atoms with Gasteiger partial charge in [-0.1, -0.05) is 30.3 Å². The second kappa shape index (κ2) is 6.55. The molecule has 1 N–H and O–H groups in total. The van der Waals surface area contributed by atoms with Gasteiger partial charge in [-0.2, -0.15) is 0 Å². The Balaban J connectivity index is 1.65. The lowest BCUT2D eigenvalue weighted by molar-refractivity contribution is -0.143. The van der Waals surface area contributed by atoms with Gasteiger partial charge in [0.2, 0.25) is 0 Å². The molecule has 1 saturated carbocycles. The van der Waals surface area contributed by atoms with Crippen LogP contribution in [-0.4, -0.2) is 17.7 Å². The van der Waals surface area contributed by atoms with Gasteiger partial charge in [0.05, 0.1) is 12.5 Å². The van der Waals surface area contributed by atoms with Crippen LogP contribution in [0.25, 0.3) is 0 Å². The van der Waals surface area contributed by atoms with Crippen molar-refractivity contribution in [2.24, 2.45) is 11.8 Å². The topological polar surface area (TPSA) is 46.5 Å². The maximum atomic E-state index is 10.8. The first-order valence-electron chi connectivity index (χ1n) is 6.60. The lowest BCUT2D eigenvalue weighted by atomic mass is 9.82. The minimum atomic E-state index is -0.640. The van der Waals surface area contributed by atoms with E-state index in [0.717, 1.165) is 32.3 Å².